The van der Waals surface area contributed by atoms with Crippen molar-refractivity contribution in [3.8, 4) is 0 Å². The largest absolute Gasteiger partial charge is 0.481 e. The van der Waals surface area contributed by atoms with Crippen LogP contribution in [0.4, 0.5) is 0 Å². The van der Waals surface area contributed by atoms with Gasteiger partial charge in [-0.25, -0.2) is 0 Å². The van der Waals surface area contributed by atoms with E-state index in [1.807, 2.05) is 18.2 Å². The van der Waals surface area contributed by atoms with Crippen LogP contribution >= 0.6 is 0 Å². The third-order valence-corrected chi connectivity index (χ3v) is 2.71. The highest BCUT2D eigenvalue weighted by atomic mass is 16.4. The molecule has 1 aromatic carbocycles. The lowest BCUT2D eigenvalue weighted by Gasteiger charge is -2.09. The first kappa shape index (κ1) is 8.94. The number of aliphatic carboxylic acids is 1. The number of rotatable bonds is 2. The van der Waals surface area contributed by atoms with E-state index in [1.165, 1.54) is 0 Å². The van der Waals surface area contributed by atoms with E-state index >= 15 is 0 Å². The summed E-state index contributed by atoms with van der Waals surface area (Å²) in [6.45, 7) is 0. The molecule has 0 saturated carbocycles. The minimum absolute atomic E-state index is 0.398. The van der Waals surface area contributed by atoms with Gasteiger partial charge >= 0.3 is 5.97 Å². The van der Waals surface area contributed by atoms with Crippen molar-refractivity contribution in [2.24, 2.45) is 5.92 Å². The first-order valence-electron chi connectivity index (χ1n) is 4.50. The van der Waals surface area contributed by atoms with Crippen molar-refractivity contribution in [2.45, 2.75) is 12.3 Å². The minimum Gasteiger partial charge on any atom is -0.481 e. The summed E-state index contributed by atoms with van der Waals surface area (Å²) in [4.78, 5) is 21.7. The fourth-order valence-corrected chi connectivity index (χ4v) is 2.07. The van der Waals surface area contributed by atoms with Gasteiger partial charge in [0.1, 0.15) is 6.29 Å². The molecule has 0 bridgehead atoms. The van der Waals surface area contributed by atoms with Gasteiger partial charge in [-0.15, -0.1) is 0 Å². The SMILES string of the molecule is O=CC1Cc2ccccc2C1C(=O)O. The second-order valence-corrected chi connectivity index (χ2v) is 3.52. The quantitative estimate of drug-likeness (QED) is 0.713. The van der Waals surface area contributed by atoms with Crippen molar-refractivity contribution in [2.75, 3.05) is 0 Å². The fraction of sp³-hybridized carbons (Fsp3) is 0.273. The van der Waals surface area contributed by atoms with Crippen LogP contribution in [0.2, 0.25) is 0 Å². The third-order valence-electron chi connectivity index (χ3n) is 2.71. The van der Waals surface area contributed by atoms with E-state index in [2.05, 4.69) is 0 Å². The second-order valence-electron chi connectivity index (χ2n) is 3.52. The molecule has 0 aromatic heterocycles. The smallest absolute Gasteiger partial charge is 0.311 e. The Balaban J connectivity index is 2.47. The molecule has 3 heteroatoms. The van der Waals surface area contributed by atoms with Gasteiger partial charge in [0.25, 0.3) is 0 Å². The summed E-state index contributed by atoms with van der Waals surface area (Å²) in [6.07, 6.45) is 1.30. The standard InChI is InChI=1S/C11H10O3/c12-6-8-5-7-3-1-2-4-9(7)10(8)11(13)14/h1-4,6,8,10H,5H2,(H,13,14). The Morgan fingerprint density at radius 2 is 2.14 bits per heavy atom. The predicted octanol–water partition coefficient (Wildman–Crippen LogP) is 1.23. The highest BCUT2D eigenvalue weighted by molar-refractivity contribution is 5.83. The number of hydrogen-bond acceptors (Lipinski definition) is 2. The van der Waals surface area contributed by atoms with Gasteiger partial charge in [-0.1, -0.05) is 24.3 Å². The average molecular weight is 190 g/mol. The molecule has 3 nitrogen and oxygen atoms in total. The van der Waals surface area contributed by atoms with Crippen LogP contribution in [-0.4, -0.2) is 17.4 Å². The second kappa shape index (κ2) is 3.25. The van der Waals surface area contributed by atoms with Gasteiger partial charge in [-0.05, 0) is 17.5 Å². The molecular weight excluding hydrogens is 180 g/mol. The monoisotopic (exact) mass is 190 g/mol. The molecule has 0 saturated heterocycles. The van der Waals surface area contributed by atoms with Gasteiger partial charge in [0.05, 0.1) is 5.92 Å². The normalized spacial score (nSPS) is 24.3. The summed E-state index contributed by atoms with van der Waals surface area (Å²) in [7, 11) is 0. The van der Waals surface area contributed by atoms with E-state index in [0.717, 1.165) is 17.4 Å². The Morgan fingerprint density at radius 3 is 2.79 bits per heavy atom. The summed E-state index contributed by atoms with van der Waals surface area (Å²) < 4.78 is 0. The summed E-state index contributed by atoms with van der Waals surface area (Å²) in [5.74, 6) is -1.96. The Morgan fingerprint density at radius 1 is 1.43 bits per heavy atom. The lowest BCUT2D eigenvalue weighted by molar-refractivity contribution is -0.141. The molecule has 1 N–H and O–H groups in total. The van der Waals surface area contributed by atoms with Gasteiger partial charge < -0.3 is 9.90 Å². The molecule has 0 fully saturated rings. The summed E-state index contributed by atoms with van der Waals surface area (Å²) >= 11 is 0. The molecule has 0 spiro atoms. The number of hydrogen-bond donors (Lipinski definition) is 1. The van der Waals surface area contributed by atoms with Gasteiger partial charge in [-0.2, -0.15) is 0 Å². The number of carboxylic acid groups (broad SMARTS) is 1. The molecule has 0 aliphatic heterocycles. The molecule has 0 amide bonds. The Labute approximate surface area is 81.4 Å². The van der Waals surface area contributed by atoms with Crippen LogP contribution in [0.25, 0.3) is 0 Å². The number of benzene rings is 1. The number of carboxylic acids is 1. The molecule has 2 unspecified atom stereocenters. The van der Waals surface area contributed by atoms with Crippen LogP contribution in [0.1, 0.15) is 17.0 Å². The third kappa shape index (κ3) is 1.21. The maximum absolute atomic E-state index is 11.0. The van der Waals surface area contributed by atoms with Crippen molar-refractivity contribution < 1.29 is 14.7 Å². The maximum Gasteiger partial charge on any atom is 0.311 e. The summed E-state index contributed by atoms with van der Waals surface area (Å²) in [6, 6.07) is 7.35. The Bertz CT molecular complexity index is 384. The minimum atomic E-state index is -0.910. The van der Waals surface area contributed by atoms with Crippen molar-refractivity contribution in [3.05, 3.63) is 35.4 Å². The molecule has 2 atom stereocenters. The summed E-state index contributed by atoms with van der Waals surface area (Å²) in [5.41, 5.74) is 1.77. The molecular formula is C11H10O3. The average Bonchev–Trinajstić information content (AvgIpc) is 2.55. The van der Waals surface area contributed by atoms with Gasteiger partial charge in [-0.3, -0.25) is 4.79 Å². The molecule has 1 aromatic rings. The lowest BCUT2D eigenvalue weighted by Crippen LogP contribution is -2.18. The van der Waals surface area contributed by atoms with Gasteiger partial charge in [0.2, 0.25) is 0 Å². The van der Waals surface area contributed by atoms with Crippen molar-refractivity contribution >= 4 is 12.3 Å². The van der Waals surface area contributed by atoms with Crippen molar-refractivity contribution in [1.82, 2.24) is 0 Å². The molecule has 72 valence electrons. The van der Waals surface area contributed by atoms with E-state index in [9.17, 15) is 9.59 Å². The van der Waals surface area contributed by atoms with Crippen LogP contribution in [0.5, 0.6) is 0 Å². The highest BCUT2D eigenvalue weighted by Gasteiger charge is 2.36. The molecule has 1 aliphatic carbocycles. The summed E-state index contributed by atoms with van der Waals surface area (Å²) in [5, 5.41) is 9.00. The molecule has 0 radical (unpaired) electrons. The Hall–Kier alpha value is -1.64. The zero-order chi connectivity index (χ0) is 10.1. The van der Waals surface area contributed by atoms with E-state index in [-0.39, 0.29) is 0 Å². The van der Waals surface area contributed by atoms with Gasteiger partial charge in [0, 0.05) is 5.92 Å². The Kier molecular flexibility index (Phi) is 2.08. The number of fused-ring (bicyclic) bond motifs is 1. The van der Waals surface area contributed by atoms with Crippen molar-refractivity contribution in [3.63, 3.8) is 0 Å². The van der Waals surface area contributed by atoms with Gasteiger partial charge in [0.15, 0.2) is 0 Å². The van der Waals surface area contributed by atoms with Crippen LogP contribution in [-0.2, 0) is 16.0 Å². The fourth-order valence-electron chi connectivity index (χ4n) is 2.07. The maximum atomic E-state index is 11.0. The van der Waals surface area contributed by atoms with E-state index in [4.69, 9.17) is 5.11 Å². The van der Waals surface area contributed by atoms with E-state index in [1.54, 1.807) is 6.07 Å². The number of carbonyl (C=O) groups is 2. The molecule has 0 heterocycles. The van der Waals surface area contributed by atoms with Crippen LogP contribution in [0, 0.1) is 5.92 Å². The van der Waals surface area contributed by atoms with E-state index < -0.39 is 17.8 Å². The molecule has 14 heavy (non-hydrogen) atoms. The van der Waals surface area contributed by atoms with Crippen LogP contribution in [0.15, 0.2) is 24.3 Å². The first-order chi connectivity index (χ1) is 6.74. The zero-order valence-corrected chi connectivity index (χ0v) is 7.51. The molecule has 1 aliphatic rings. The lowest BCUT2D eigenvalue weighted by atomic mass is 9.94. The van der Waals surface area contributed by atoms with Crippen LogP contribution < -0.4 is 0 Å². The number of carbonyl (C=O) groups excluding carboxylic acids is 1. The zero-order valence-electron chi connectivity index (χ0n) is 7.51. The predicted molar refractivity (Wildman–Crippen MR) is 50.1 cm³/mol. The first-order valence-corrected chi connectivity index (χ1v) is 4.50. The topological polar surface area (TPSA) is 54.4 Å². The molecule has 2 rings (SSSR count). The van der Waals surface area contributed by atoms with Crippen LogP contribution in [0.3, 0.4) is 0 Å². The van der Waals surface area contributed by atoms with E-state index in [0.29, 0.717) is 6.42 Å². The number of aldehydes is 1. The highest BCUT2D eigenvalue weighted by Crippen LogP contribution is 2.36. The van der Waals surface area contributed by atoms with Crippen molar-refractivity contribution in [1.29, 1.82) is 0 Å².